The highest BCUT2D eigenvalue weighted by atomic mass is 79.9. The zero-order valence-corrected chi connectivity index (χ0v) is 18.2. The first kappa shape index (κ1) is 24.7. The number of alkyl halides is 3. The molecule has 2 aromatic carbocycles. The van der Waals surface area contributed by atoms with Crippen molar-refractivity contribution in [1.29, 1.82) is 0 Å². The summed E-state index contributed by atoms with van der Waals surface area (Å²) in [6.07, 6.45) is 1.30. The van der Waals surface area contributed by atoms with Crippen LogP contribution in [0.25, 0.3) is 0 Å². The fraction of sp³-hybridized carbons (Fsp3) is 0.190. The van der Waals surface area contributed by atoms with E-state index in [1.54, 1.807) is 12.1 Å². The lowest BCUT2D eigenvalue weighted by Crippen LogP contribution is -2.24. The van der Waals surface area contributed by atoms with Crippen LogP contribution >= 0.6 is 15.9 Å². The summed E-state index contributed by atoms with van der Waals surface area (Å²) >= 11 is 3.33. The van der Waals surface area contributed by atoms with Crippen LogP contribution in [0, 0.1) is 12.3 Å². The predicted octanol–water partition coefficient (Wildman–Crippen LogP) is 3.97. The van der Waals surface area contributed by atoms with Gasteiger partial charge in [-0.15, -0.1) is 6.42 Å². The zero-order valence-electron chi connectivity index (χ0n) is 16.6. The summed E-state index contributed by atoms with van der Waals surface area (Å²) in [4.78, 5) is 23.8. The van der Waals surface area contributed by atoms with Crippen LogP contribution in [0.15, 0.2) is 46.0 Å². The van der Waals surface area contributed by atoms with Gasteiger partial charge in [0, 0.05) is 5.69 Å². The second-order valence-corrected chi connectivity index (χ2v) is 6.98. The quantitative estimate of drug-likeness (QED) is 0.243. The molecule has 0 aliphatic carbocycles. The van der Waals surface area contributed by atoms with Crippen molar-refractivity contribution in [2.45, 2.75) is 12.6 Å². The Hall–Kier alpha value is -3.52. The van der Waals surface area contributed by atoms with Gasteiger partial charge in [0.2, 0.25) is 11.8 Å². The largest absolute Gasteiger partial charge is 0.493 e. The summed E-state index contributed by atoms with van der Waals surface area (Å²) in [6.45, 7) is 0.0427. The molecule has 0 spiro atoms. The van der Waals surface area contributed by atoms with Crippen molar-refractivity contribution < 1.29 is 32.2 Å². The lowest BCUT2D eigenvalue weighted by molar-refractivity contribution is -0.137. The Kier molecular flexibility index (Phi) is 8.66. The number of nitrogens with one attached hydrogen (secondary N) is 2. The number of anilines is 1. The molecule has 11 heteroatoms. The molecular weight excluding hydrogens is 495 g/mol. The molecule has 32 heavy (non-hydrogen) atoms. The second-order valence-electron chi connectivity index (χ2n) is 6.12. The van der Waals surface area contributed by atoms with Gasteiger partial charge >= 0.3 is 6.18 Å². The first-order valence-corrected chi connectivity index (χ1v) is 9.66. The van der Waals surface area contributed by atoms with Crippen molar-refractivity contribution in [3.05, 3.63) is 52.0 Å². The molecule has 0 fully saturated rings. The van der Waals surface area contributed by atoms with Crippen molar-refractivity contribution >= 4 is 39.6 Å². The summed E-state index contributed by atoms with van der Waals surface area (Å²) in [5.74, 6) is 1.57. The standard InChI is InChI=1S/C21H17BrF3N3O4/c1-3-7-32-20-16(22)8-13(9-17(20)31-2)12-26-28-19(30)11-18(29)27-15-6-4-5-14(10-15)21(23,24)25/h1,4-6,8-10,12H,7,11H2,2H3,(H,27,29)(H,28,30). The Morgan fingerprint density at radius 2 is 2.00 bits per heavy atom. The summed E-state index contributed by atoms with van der Waals surface area (Å²) < 4.78 is 49.3. The monoisotopic (exact) mass is 511 g/mol. The second kappa shape index (κ2) is 11.2. The maximum Gasteiger partial charge on any atom is 0.416 e. The molecule has 0 aliphatic rings. The third-order valence-corrected chi connectivity index (χ3v) is 4.34. The highest BCUT2D eigenvalue weighted by Crippen LogP contribution is 2.36. The van der Waals surface area contributed by atoms with Crippen LogP contribution in [0.3, 0.4) is 0 Å². The van der Waals surface area contributed by atoms with E-state index in [0.717, 1.165) is 18.2 Å². The van der Waals surface area contributed by atoms with E-state index in [0.29, 0.717) is 21.5 Å². The van der Waals surface area contributed by atoms with Gasteiger partial charge < -0.3 is 14.8 Å². The molecule has 7 nitrogen and oxygen atoms in total. The van der Waals surface area contributed by atoms with Gasteiger partial charge in [0.05, 0.1) is 23.4 Å². The number of benzene rings is 2. The van der Waals surface area contributed by atoms with Crippen LogP contribution in [-0.4, -0.2) is 31.7 Å². The number of halogens is 4. The summed E-state index contributed by atoms with van der Waals surface area (Å²) in [6, 6.07) is 7.31. The van der Waals surface area contributed by atoms with Gasteiger partial charge in [0.15, 0.2) is 11.5 Å². The third kappa shape index (κ3) is 7.31. The van der Waals surface area contributed by atoms with Crippen LogP contribution in [0.2, 0.25) is 0 Å². The van der Waals surface area contributed by atoms with Crippen molar-refractivity contribution in [3.63, 3.8) is 0 Å². The highest BCUT2D eigenvalue weighted by molar-refractivity contribution is 9.10. The van der Waals surface area contributed by atoms with Gasteiger partial charge in [-0.25, -0.2) is 5.43 Å². The molecular formula is C21H17BrF3N3O4. The smallest absolute Gasteiger partial charge is 0.416 e. The Morgan fingerprint density at radius 3 is 2.66 bits per heavy atom. The van der Waals surface area contributed by atoms with Gasteiger partial charge in [-0.3, -0.25) is 9.59 Å². The molecule has 0 bridgehead atoms. The van der Waals surface area contributed by atoms with Crippen LogP contribution in [0.4, 0.5) is 18.9 Å². The van der Waals surface area contributed by atoms with Crippen molar-refractivity contribution in [2.75, 3.05) is 19.0 Å². The van der Waals surface area contributed by atoms with Crippen LogP contribution in [0.5, 0.6) is 11.5 Å². The van der Waals surface area contributed by atoms with Gasteiger partial charge in [0.1, 0.15) is 13.0 Å². The molecule has 0 unspecified atom stereocenters. The van der Waals surface area contributed by atoms with E-state index in [9.17, 15) is 22.8 Å². The van der Waals surface area contributed by atoms with Crippen molar-refractivity contribution in [1.82, 2.24) is 5.43 Å². The third-order valence-electron chi connectivity index (χ3n) is 3.75. The van der Waals surface area contributed by atoms with E-state index in [1.807, 2.05) is 0 Å². The minimum absolute atomic E-state index is 0.0427. The molecule has 2 N–H and O–H groups in total. The van der Waals surface area contributed by atoms with Gasteiger partial charge in [0.25, 0.3) is 0 Å². The fourth-order valence-electron chi connectivity index (χ4n) is 2.41. The van der Waals surface area contributed by atoms with Gasteiger partial charge in [-0.2, -0.15) is 18.3 Å². The molecule has 0 aromatic heterocycles. The predicted molar refractivity (Wildman–Crippen MR) is 115 cm³/mol. The highest BCUT2D eigenvalue weighted by Gasteiger charge is 2.30. The number of hydrogen-bond donors (Lipinski definition) is 2. The summed E-state index contributed by atoms with van der Waals surface area (Å²) in [7, 11) is 1.44. The van der Waals surface area contributed by atoms with E-state index in [1.165, 1.54) is 19.4 Å². The number of terminal acetylenes is 1. The van der Waals surface area contributed by atoms with Gasteiger partial charge in [-0.1, -0.05) is 12.0 Å². The summed E-state index contributed by atoms with van der Waals surface area (Å²) in [5, 5.41) is 5.99. The Morgan fingerprint density at radius 1 is 1.25 bits per heavy atom. The lowest BCUT2D eigenvalue weighted by atomic mass is 10.2. The Balaban J connectivity index is 1.94. The van der Waals surface area contributed by atoms with E-state index < -0.39 is 30.0 Å². The number of carbonyl (C=O) groups excluding carboxylic acids is 2. The number of ether oxygens (including phenoxy) is 2. The van der Waals surface area contributed by atoms with Crippen LogP contribution in [-0.2, 0) is 15.8 Å². The molecule has 0 saturated heterocycles. The van der Waals surface area contributed by atoms with Crippen molar-refractivity contribution in [2.24, 2.45) is 5.10 Å². The van der Waals surface area contributed by atoms with E-state index in [-0.39, 0.29) is 12.3 Å². The first-order valence-electron chi connectivity index (χ1n) is 8.87. The van der Waals surface area contributed by atoms with Crippen LogP contribution in [0.1, 0.15) is 17.5 Å². The SMILES string of the molecule is C#CCOc1c(Br)cc(C=NNC(=O)CC(=O)Nc2cccc(C(F)(F)F)c2)cc1OC. The minimum Gasteiger partial charge on any atom is -0.493 e. The summed E-state index contributed by atoms with van der Waals surface area (Å²) in [5.41, 5.74) is 1.71. The minimum atomic E-state index is -4.55. The molecule has 2 rings (SSSR count). The number of hydrogen-bond acceptors (Lipinski definition) is 5. The van der Waals surface area contributed by atoms with E-state index in [4.69, 9.17) is 15.9 Å². The number of hydrazone groups is 1. The average molecular weight is 512 g/mol. The molecule has 2 aromatic rings. The van der Waals surface area contributed by atoms with Crippen molar-refractivity contribution in [3.8, 4) is 23.8 Å². The average Bonchev–Trinajstić information content (AvgIpc) is 2.72. The molecule has 0 aliphatic heterocycles. The fourth-order valence-corrected chi connectivity index (χ4v) is 2.99. The molecule has 0 atom stereocenters. The maximum absolute atomic E-state index is 12.7. The topological polar surface area (TPSA) is 89.0 Å². The maximum atomic E-state index is 12.7. The molecule has 0 heterocycles. The zero-order chi connectivity index (χ0) is 23.7. The van der Waals surface area contributed by atoms with E-state index in [2.05, 4.69) is 37.7 Å². The number of methoxy groups -OCH3 is 1. The van der Waals surface area contributed by atoms with E-state index >= 15 is 0 Å². The molecule has 168 valence electrons. The Bertz CT molecular complexity index is 1070. The normalized spacial score (nSPS) is 11.0. The van der Waals surface area contributed by atoms with Gasteiger partial charge in [-0.05, 0) is 51.8 Å². The lowest BCUT2D eigenvalue weighted by Gasteiger charge is -2.11. The molecule has 2 amide bonds. The first-order chi connectivity index (χ1) is 15.1. The van der Waals surface area contributed by atoms with Crippen LogP contribution < -0.4 is 20.2 Å². The number of rotatable bonds is 8. The number of amides is 2. The molecule has 0 radical (unpaired) electrons. The Labute approximate surface area is 190 Å². The number of carbonyl (C=O) groups is 2. The number of nitrogens with zero attached hydrogens (tertiary/aromatic N) is 1. The molecule has 0 saturated carbocycles.